The van der Waals surface area contributed by atoms with Gasteiger partial charge < -0.3 is 15.0 Å². The first-order chi connectivity index (χ1) is 10.9. The maximum absolute atomic E-state index is 13.0. The zero-order valence-electron chi connectivity index (χ0n) is 13.8. The normalized spacial score (nSPS) is 19.8. The van der Waals surface area contributed by atoms with Crippen LogP contribution in [0.25, 0.3) is 0 Å². The fourth-order valence-corrected chi connectivity index (χ4v) is 2.91. The lowest BCUT2D eigenvalue weighted by molar-refractivity contribution is -0.127. The van der Waals surface area contributed by atoms with Gasteiger partial charge in [-0.1, -0.05) is 11.6 Å². The third-order valence-corrected chi connectivity index (χ3v) is 4.47. The van der Waals surface area contributed by atoms with E-state index in [1.54, 1.807) is 6.92 Å². The predicted octanol–water partition coefficient (Wildman–Crippen LogP) is 3.09. The number of hydrogen-bond donors (Lipinski definition) is 1. The molecule has 1 amide bonds. The Morgan fingerprint density at radius 2 is 2.22 bits per heavy atom. The van der Waals surface area contributed by atoms with Crippen LogP contribution in [0.3, 0.4) is 0 Å². The zero-order valence-corrected chi connectivity index (χ0v) is 14.6. The Labute approximate surface area is 141 Å². The SMILES string of the molecule is CC(C)N1CC[C@@H](CNC(=O)[C@@H](C)Oc2ccc(F)cc2Cl)C1. The van der Waals surface area contributed by atoms with E-state index >= 15 is 0 Å². The van der Waals surface area contributed by atoms with Crippen molar-refractivity contribution in [2.75, 3.05) is 19.6 Å². The van der Waals surface area contributed by atoms with Gasteiger partial charge in [0.2, 0.25) is 0 Å². The number of benzene rings is 1. The fourth-order valence-electron chi connectivity index (χ4n) is 2.70. The van der Waals surface area contributed by atoms with Gasteiger partial charge in [-0.25, -0.2) is 4.39 Å². The highest BCUT2D eigenvalue weighted by atomic mass is 35.5. The summed E-state index contributed by atoms with van der Waals surface area (Å²) < 4.78 is 18.5. The van der Waals surface area contributed by atoms with Crippen molar-refractivity contribution in [3.05, 3.63) is 29.0 Å². The van der Waals surface area contributed by atoms with Gasteiger partial charge in [-0.3, -0.25) is 4.79 Å². The third-order valence-electron chi connectivity index (χ3n) is 4.18. The van der Waals surface area contributed by atoms with Crippen LogP contribution in [0.5, 0.6) is 5.75 Å². The van der Waals surface area contributed by atoms with E-state index in [-0.39, 0.29) is 10.9 Å². The Balaban J connectivity index is 1.79. The van der Waals surface area contributed by atoms with Crippen LogP contribution in [-0.2, 0) is 4.79 Å². The maximum Gasteiger partial charge on any atom is 0.260 e. The Bertz CT molecular complexity index is 553. The summed E-state index contributed by atoms with van der Waals surface area (Å²) in [6.45, 7) is 8.76. The quantitative estimate of drug-likeness (QED) is 0.863. The molecule has 1 N–H and O–H groups in total. The summed E-state index contributed by atoms with van der Waals surface area (Å²) in [7, 11) is 0. The van der Waals surface area contributed by atoms with Gasteiger partial charge in [-0.05, 0) is 57.9 Å². The highest BCUT2D eigenvalue weighted by molar-refractivity contribution is 6.32. The average Bonchev–Trinajstić information content (AvgIpc) is 2.96. The summed E-state index contributed by atoms with van der Waals surface area (Å²) in [5.41, 5.74) is 0. The molecule has 0 saturated carbocycles. The minimum atomic E-state index is -0.680. The Kier molecular flexibility index (Phi) is 6.25. The molecular formula is C17H24ClFN2O2. The van der Waals surface area contributed by atoms with Crippen molar-refractivity contribution >= 4 is 17.5 Å². The standard InChI is InChI=1S/C17H24ClFN2O2/c1-11(2)21-7-6-13(10-21)9-20-17(22)12(3)23-16-5-4-14(19)8-15(16)18/h4-5,8,11-13H,6-7,9-10H2,1-3H3,(H,20,22)/t12-,13+/m1/s1. The van der Waals surface area contributed by atoms with Crippen molar-refractivity contribution in [1.82, 2.24) is 10.2 Å². The highest BCUT2D eigenvalue weighted by Gasteiger charge is 2.25. The number of carbonyl (C=O) groups excluding carboxylic acids is 1. The van der Waals surface area contributed by atoms with Gasteiger partial charge in [0.25, 0.3) is 5.91 Å². The molecule has 4 nitrogen and oxygen atoms in total. The van der Waals surface area contributed by atoms with Gasteiger partial charge in [0.1, 0.15) is 11.6 Å². The summed E-state index contributed by atoms with van der Waals surface area (Å²) in [6.07, 6.45) is 0.415. The Morgan fingerprint density at radius 3 is 2.83 bits per heavy atom. The zero-order chi connectivity index (χ0) is 17.0. The molecule has 0 aliphatic carbocycles. The molecule has 0 bridgehead atoms. The largest absolute Gasteiger partial charge is 0.479 e. The van der Waals surface area contributed by atoms with Crippen LogP contribution in [0.15, 0.2) is 18.2 Å². The van der Waals surface area contributed by atoms with E-state index in [1.165, 1.54) is 18.2 Å². The molecule has 2 atom stereocenters. The third kappa shape index (κ3) is 5.08. The Morgan fingerprint density at radius 1 is 1.48 bits per heavy atom. The molecule has 128 valence electrons. The van der Waals surface area contributed by atoms with Crippen LogP contribution in [0.1, 0.15) is 27.2 Å². The van der Waals surface area contributed by atoms with E-state index in [2.05, 4.69) is 24.1 Å². The van der Waals surface area contributed by atoms with Crippen molar-refractivity contribution in [1.29, 1.82) is 0 Å². The first-order valence-electron chi connectivity index (χ1n) is 8.00. The number of nitrogens with one attached hydrogen (secondary N) is 1. The number of rotatable bonds is 6. The van der Waals surface area contributed by atoms with Gasteiger partial charge in [0, 0.05) is 19.1 Å². The van der Waals surface area contributed by atoms with Crippen LogP contribution in [0.2, 0.25) is 5.02 Å². The second-order valence-corrected chi connectivity index (χ2v) is 6.73. The minimum absolute atomic E-state index is 0.160. The Hall–Kier alpha value is -1.33. The smallest absolute Gasteiger partial charge is 0.260 e. The number of likely N-dealkylation sites (tertiary alicyclic amines) is 1. The topological polar surface area (TPSA) is 41.6 Å². The molecule has 6 heteroatoms. The molecule has 1 aromatic rings. The number of carbonyl (C=O) groups is 1. The first-order valence-corrected chi connectivity index (χ1v) is 8.38. The number of ether oxygens (including phenoxy) is 1. The molecule has 0 unspecified atom stereocenters. The molecule has 0 aromatic heterocycles. The lowest BCUT2D eigenvalue weighted by Gasteiger charge is -2.21. The van der Waals surface area contributed by atoms with Crippen molar-refractivity contribution < 1.29 is 13.9 Å². The molecule has 2 rings (SSSR count). The van der Waals surface area contributed by atoms with E-state index < -0.39 is 11.9 Å². The van der Waals surface area contributed by atoms with Crippen LogP contribution in [0.4, 0.5) is 4.39 Å². The lowest BCUT2D eigenvalue weighted by atomic mass is 10.1. The maximum atomic E-state index is 13.0. The van der Waals surface area contributed by atoms with Gasteiger partial charge in [0.05, 0.1) is 5.02 Å². The summed E-state index contributed by atoms with van der Waals surface area (Å²) in [6, 6.07) is 4.39. The van der Waals surface area contributed by atoms with E-state index in [1.807, 2.05) is 0 Å². The highest BCUT2D eigenvalue weighted by Crippen LogP contribution is 2.26. The summed E-state index contributed by atoms with van der Waals surface area (Å²) in [5, 5.41) is 3.09. The summed E-state index contributed by atoms with van der Waals surface area (Å²) in [4.78, 5) is 14.5. The molecular weight excluding hydrogens is 319 g/mol. The predicted molar refractivity (Wildman–Crippen MR) is 89.3 cm³/mol. The van der Waals surface area contributed by atoms with E-state index in [0.29, 0.717) is 24.3 Å². The molecule has 1 heterocycles. The van der Waals surface area contributed by atoms with Gasteiger partial charge in [-0.15, -0.1) is 0 Å². The molecule has 1 fully saturated rings. The monoisotopic (exact) mass is 342 g/mol. The molecule has 1 aromatic carbocycles. The second-order valence-electron chi connectivity index (χ2n) is 6.32. The molecule has 0 radical (unpaired) electrons. The minimum Gasteiger partial charge on any atom is -0.479 e. The molecule has 1 saturated heterocycles. The van der Waals surface area contributed by atoms with Crippen LogP contribution in [0, 0.1) is 11.7 Å². The summed E-state index contributed by atoms with van der Waals surface area (Å²) in [5.74, 6) is 0.161. The average molecular weight is 343 g/mol. The van der Waals surface area contributed by atoms with Crippen molar-refractivity contribution in [2.45, 2.75) is 39.3 Å². The fraction of sp³-hybridized carbons (Fsp3) is 0.588. The molecule has 1 aliphatic heterocycles. The van der Waals surface area contributed by atoms with Crippen LogP contribution < -0.4 is 10.1 Å². The number of nitrogens with zero attached hydrogens (tertiary/aromatic N) is 1. The van der Waals surface area contributed by atoms with E-state index in [0.717, 1.165) is 19.5 Å². The first kappa shape index (κ1) is 18.0. The molecule has 0 spiro atoms. The second kappa shape index (κ2) is 7.97. The van der Waals surface area contributed by atoms with Gasteiger partial charge in [-0.2, -0.15) is 0 Å². The van der Waals surface area contributed by atoms with Crippen molar-refractivity contribution in [2.24, 2.45) is 5.92 Å². The molecule has 23 heavy (non-hydrogen) atoms. The number of amides is 1. The van der Waals surface area contributed by atoms with E-state index in [9.17, 15) is 9.18 Å². The van der Waals surface area contributed by atoms with Crippen molar-refractivity contribution in [3.63, 3.8) is 0 Å². The van der Waals surface area contributed by atoms with Gasteiger partial charge >= 0.3 is 0 Å². The lowest BCUT2D eigenvalue weighted by Crippen LogP contribution is -2.39. The number of hydrogen-bond acceptors (Lipinski definition) is 3. The van der Waals surface area contributed by atoms with Crippen molar-refractivity contribution in [3.8, 4) is 5.75 Å². The van der Waals surface area contributed by atoms with Crippen LogP contribution in [-0.4, -0.2) is 42.6 Å². The van der Waals surface area contributed by atoms with Crippen LogP contribution >= 0.6 is 11.6 Å². The van der Waals surface area contributed by atoms with E-state index in [4.69, 9.17) is 16.3 Å². The summed E-state index contributed by atoms with van der Waals surface area (Å²) >= 11 is 5.90. The molecule has 1 aliphatic rings. The van der Waals surface area contributed by atoms with Gasteiger partial charge in [0.15, 0.2) is 6.10 Å². The number of halogens is 2.